The molecule has 0 bridgehead atoms. The molecule has 0 aromatic heterocycles. The number of aliphatic hydroxyl groups is 1. The summed E-state index contributed by atoms with van der Waals surface area (Å²) in [6, 6.07) is 0. The maximum absolute atomic E-state index is 12.2. The Hall–Kier alpha value is -0.590. The van der Waals surface area contributed by atoms with Crippen LogP contribution in [0.15, 0.2) is 12.3 Å². The minimum atomic E-state index is -0.312. The molecule has 0 amide bonds. The molecule has 0 aromatic carbocycles. The molecule has 10 atom stereocenters. The summed E-state index contributed by atoms with van der Waals surface area (Å²) in [5.41, 5.74) is 0.142. The number of fused-ring (bicyclic) bond motifs is 5. The Morgan fingerprint density at radius 3 is 2.52 bits per heavy atom. The fraction of sp³-hybridized carbons (Fsp3) is 0.889. The topological polar surface area (TPSA) is 65.0 Å². The minimum Gasteiger partial charge on any atom is -0.461 e. The molecule has 5 nitrogen and oxygen atoms in total. The highest BCUT2D eigenvalue weighted by atomic mass is 79.9. The second-order valence-electron chi connectivity index (χ2n) is 11.7. The monoisotopic (exact) mass is 526 g/mol. The molecule has 6 heteroatoms. The van der Waals surface area contributed by atoms with Crippen LogP contribution in [-0.2, 0) is 19.3 Å². The van der Waals surface area contributed by atoms with Crippen LogP contribution in [0, 0.1) is 34.5 Å². The molecule has 0 saturated heterocycles. The number of hydrogen-bond donors (Lipinski definition) is 1. The van der Waals surface area contributed by atoms with Crippen LogP contribution in [0.1, 0.15) is 91.9 Å². The van der Waals surface area contributed by atoms with E-state index in [1.54, 1.807) is 0 Å². The number of carbonyl (C=O) groups excluding carboxylic acids is 1. The highest BCUT2D eigenvalue weighted by Crippen LogP contribution is 2.67. The molecule has 4 aliphatic carbocycles. The van der Waals surface area contributed by atoms with Gasteiger partial charge in [-0.2, -0.15) is 4.89 Å². The molecule has 6 unspecified atom stereocenters. The average molecular weight is 528 g/mol. The predicted octanol–water partition coefficient (Wildman–Crippen LogP) is 6.33. The molecular formula is C27H43BrO5. The van der Waals surface area contributed by atoms with Crippen molar-refractivity contribution in [3.05, 3.63) is 12.3 Å². The van der Waals surface area contributed by atoms with Crippen molar-refractivity contribution in [1.29, 1.82) is 0 Å². The summed E-state index contributed by atoms with van der Waals surface area (Å²) in [4.78, 5) is 23.6. The van der Waals surface area contributed by atoms with Gasteiger partial charge in [-0.3, -0.25) is 4.79 Å². The number of ether oxygens (including phenoxy) is 1. The van der Waals surface area contributed by atoms with Gasteiger partial charge >= 0.3 is 5.97 Å². The van der Waals surface area contributed by atoms with E-state index >= 15 is 0 Å². The van der Waals surface area contributed by atoms with E-state index in [0.717, 1.165) is 57.8 Å². The van der Waals surface area contributed by atoms with Gasteiger partial charge in [0.2, 0.25) is 0 Å². The Morgan fingerprint density at radius 2 is 1.82 bits per heavy atom. The van der Waals surface area contributed by atoms with Crippen LogP contribution in [0.4, 0.5) is 0 Å². The third-order valence-corrected chi connectivity index (χ3v) is 10.8. The number of alkyl halides is 1. The first kappa shape index (κ1) is 25.5. The molecule has 0 aliphatic heterocycles. The fourth-order valence-electron chi connectivity index (χ4n) is 8.09. The van der Waals surface area contributed by atoms with Crippen LogP contribution in [-0.4, -0.2) is 34.2 Å². The first-order valence-corrected chi connectivity index (χ1v) is 14.1. The normalized spacial score (nSPS) is 46.6. The SMILES string of the molecule is C=C(CCC)OO[C@H]1CC[C@@]2(C)C(CC(O)C3C2CC[C@@]2(C)C3C[C@@H](Br)C2OC(=O)CC)C1. The maximum atomic E-state index is 12.2. The number of halogens is 1. The number of allylic oxidation sites excluding steroid dienone is 1. The van der Waals surface area contributed by atoms with Crippen LogP contribution in [0.2, 0.25) is 0 Å². The maximum Gasteiger partial charge on any atom is 0.305 e. The molecule has 0 aromatic rings. The van der Waals surface area contributed by atoms with Crippen molar-refractivity contribution >= 4 is 21.9 Å². The summed E-state index contributed by atoms with van der Waals surface area (Å²) in [5, 5.41) is 11.5. The van der Waals surface area contributed by atoms with Gasteiger partial charge in [0.1, 0.15) is 18.0 Å². The lowest BCUT2D eigenvalue weighted by Crippen LogP contribution is -2.59. The van der Waals surface area contributed by atoms with Gasteiger partial charge in [0.05, 0.1) is 10.9 Å². The Bertz CT molecular complexity index is 742. The second kappa shape index (κ2) is 9.81. The molecule has 4 aliphatic rings. The van der Waals surface area contributed by atoms with Crippen molar-refractivity contribution in [2.24, 2.45) is 34.5 Å². The first-order chi connectivity index (χ1) is 15.6. The van der Waals surface area contributed by atoms with Crippen LogP contribution >= 0.6 is 15.9 Å². The standard InChI is InChI=1S/C27H43BrO5/c1-6-8-16(3)32-33-18-9-11-26(4)17(13-18)14-22(29)24-19(26)10-12-27(5)20(24)15-21(28)25(27)31-23(30)7-2/h17-22,24-25,29H,3,6-15H2,1-2,4-5H3/t17?,18-,19?,20?,21+,22?,24?,25?,26-,27-/m0/s1. The zero-order valence-electron chi connectivity index (χ0n) is 20.9. The Balaban J connectivity index is 1.48. The van der Waals surface area contributed by atoms with Gasteiger partial charge in [-0.05, 0) is 80.5 Å². The molecule has 33 heavy (non-hydrogen) atoms. The Kier molecular flexibility index (Phi) is 7.58. The molecule has 0 radical (unpaired) electrons. The zero-order chi connectivity index (χ0) is 24.0. The molecule has 188 valence electrons. The van der Waals surface area contributed by atoms with Crippen molar-refractivity contribution in [2.45, 2.75) is 115 Å². The summed E-state index contributed by atoms with van der Waals surface area (Å²) < 4.78 is 5.96. The molecular weight excluding hydrogens is 484 g/mol. The average Bonchev–Trinajstić information content (AvgIpc) is 3.03. The molecule has 4 rings (SSSR count). The summed E-state index contributed by atoms with van der Waals surface area (Å²) in [6.45, 7) is 12.7. The molecule has 0 heterocycles. The van der Waals surface area contributed by atoms with Gasteiger partial charge in [-0.15, -0.1) is 0 Å². The quantitative estimate of drug-likeness (QED) is 0.138. The van der Waals surface area contributed by atoms with Gasteiger partial charge in [-0.1, -0.05) is 50.2 Å². The molecule has 1 N–H and O–H groups in total. The predicted molar refractivity (Wildman–Crippen MR) is 131 cm³/mol. The summed E-state index contributed by atoms with van der Waals surface area (Å²) in [5.74, 6) is 2.17. The van der Waals surface area contributed by atoms with E-state index in [9.17, 15) is 9.90 Å². The lowest BCUT2D eigenvalue weighted by molar-refractivity contribution is -0.313. The highest BCUT2D eigenvalue weighted by Gasteiger charge is 2.65. The molecule has 4 fully saturated rings. The Labute approximate surface area is 208 Å². The van der Waals surface area contributed by atoms with E-state index in [-0.39, 0.29) is 45.9 Å². The third kappa shape index (κ3) is 4.53. The Morgan fingerprint density at radius 1 is 1.09 bits per heavy atom. The summed E-state index contributed by atoms with van der Waals surface area (Å²) in [7, 11) is 0. The number of carbonyl (C=O) groups is 1. The number of hydrogen-bond acceptors (Lipinski definition) is 5. The van der Waals surface area contributed by atoms with Crippen LogP contribution in [0.3, 0.4) is 0 Å². The second-order valence-corrected chi connectivity index (χ2v) is 12.9. The van der Waals surface area contributed by atoms with E-state index in [0.29, 0.717) is 29.9 Å². The van der Waals surface area contributed by atoms with Gasteiger partial charge in [0, 0.05) is 18.3 Å². The lowest BCUT2D eigenvalue weighted by Gasteiger charge is -2.62. The van der Waals surface area contributed by atoms with Gasteiger partial charge in [0.15, 0.2) is 0 Å². The number of esters is 1. The lowest BCUT2D eigenvalue weighted by atomic mass is 9.44. The van der Waals surface area contributed by atoms with E-state index < -0.39 is 0 Å². The zero-order valence-corrected chi connectivity index (χ0v) is 22.4. The highest BCUT2D eigenvalue weighted by molar-refractivity contribution is 9.09. The van der Waals surface area contributed by atoms with Crippen LogP contribution in [0.5, 0.6) is 0 Å². The van der Waals surface area contributed by atoms with Gasteiger partial charge < -0.3 is 14.7 Å². The molecule has 0 spiro atoms. The van der Waals surface area contributed by atoms with Crippen LogP contribution < -0.4 is 0 Å². The fourth-order valence-corrected chi connectivity index (χ4v) is 9.20. The van der Waals surface area contributed by atoms with Crippen molar-refractivity contribution < 1.29 is 24.4 Å². The number of rotatable bonds is 7. The smallest absolute Gasteiger partial charge is 0.305 e. The number of aliphatic hydroxyl groups excluding tert-OH is 1. The van der Waals surface area contributed by atoms with E-state index in [1.807, 2.05) is 6.92 Å². The van der Waals surface area contributed by atoms with Crippen molar-refractivity contribution in [1.82, 2.24) is 0 Å². The summed E-state index contributed by atoms with van der Waals surface area (Å²) in [6.07, 6.45) is 8.86. The van der Waals surface area contributed by atoms with Crippen molar-refractivity contribution in [2.75, 3.05) is 0 Å². The summed E-state index contributed by atoms with van der Waals surface area (Å²) >= 11 is 3.86. The van der Waals surface area contributed by atoms with E-state index in [2.05, 4.69) is 43.3 Å². The molecule has 4 saturated carbocycles. The van der Waals surface area contributed by atoms with Gasteiger partial charge in [0.25, 0.3) is 0 Å². The van der Waals surface area contributed by atoms with Gasteiger partial charge in [-0.25, -0.2) is 0 Å². The van der Waals surface area contributed by atoms with Crippen molar-refractivity contribution in [3.63, 3.8) is 0 Å². The largest absolute Gasteiger partial charge is 0.461 e. The minimum absolute atomic E-state index is 0.0713. The van der Waals surface area contributed by atoms with Crippen molar-refractivity contribution in [3.8, 4) is 0 Å². The van der Waals surface area contributed by atoms with E-state index in [4.69, 9.17) is 14.5 Å². The van der Waals surface area contributed by atoms with E-state index in [1.165, 1.54) is 0 Å². The van der Waals surface area contributed by atoms with Crippen LogP contribution in [0.25, 0.3) is 0 Å². The third-order valence-electron chi connectivity index (χ3n) is 9.91. The first-order valence-electron chi connectivity index (χ1n) is 13.2.